The second kappa shape index (κ2) is 7.82. The van der Waals surface area contributed by atoms with Crippen molar-refractivity contribution in [3.8, 4) is 0 Å². The lowest BCUT2D eigenvalue weighted by Gasteiger charge is -2.38. The quantitative estimate of drug-likeness (QED) is 0.808. The average molecular weight is 368 g/mol. The first-order valence-electron chi connectivity index (χ1n) is 9.85. The maximum absolute atomic E-state index is 5.85. The Labute approximate surface area is 161 Å². The van der Waals surface area contributed by atoms with Crippen LogP contribution in [0.1, 0.15) is 31.0 Å². The number of aryl methyl sites for hydroxylation is 1. The van der Waals surface area contributed by atoms with Gasteiger partial charge >= 0.3 is 0 Å². The zero-order chi connectivity index (χ0) is 18.7. The van der Waals surface area contributed by atoms with Crippen molar-refractivity contribution in [2.45, 2.75) is 39.0 Å². The maximum Gasteiger partial charge on any atom is 0.227 e. The highest BCUT2D eigenvalue weighted by molar-refractivity contribution is 5.46. The first-order valence-corrected chi connectivity index (χ1v) is 9.85. The second-order valence-electron chi connectivity index (χ2n) is 7.26. The lowest BCUT2D eigenvalue weighted by molar-refractivity contribution is -0.169. The normalized spacial score (nSPS) is 18.8. The number of aromatic nitrogens is 2. The molecule has 0 N–H and O–H groups in total. The lowest BCUT2D eigenvalue weighted by Crippen LogP contribution is -2.45. The molecular formula is C21H28N4O2. The molecule has 0 saturated carbocycles. The van der Waals surface area contributed by atoms with Crippen molar-refractivity contribution < 1.29 is 9.47 Å². The van der Waals surface area contributed by atoms with Crippen LogP contribution in [0.5, 0.6) is 0 Å². The number of nitrogens with zero attached hydrogens (tertiary/aromatic N) is 4. The SMILES string of the molecule is CCN(Cc1ccccc1)c1nc(C)cc(N2CCC3(CC2)OCCO3)n1. The lowest BCUT2D eigenvalue weighted by atomic mass is 10.0. The molecule has 2 saturated heterocycles. The van der Waals surface area contributed by atoms with Gasteiger partial charge in [0.15, 0.2) is 5.79 Å². The number of benzene rings is 1. The molecule has 144 valence electrons. The van der Waals surface area contributed by atoms with Gasteiger partial charge < -0.3 is 19.3 Å². The van der Waals surface area contributed by atoms with Crippen molar-refractivity contribution in [2.75, 3.05) is 42.6 Å². The molecule has 6 heteroatoms. The van der Waals surface area contributed by atoms with Crippen LogP contribution in [-0.2, 0) is 16.0 Å². The molecule has 0 atom stereocenters. The van der Waals surface area contributed by atoms with Crippen LogP contribution < -0.4 is 9.80 Å². The molecule has 2 aromatic rings. The summed E-state index contributed by atoms with van der Waals surface area (Å²) >= 11 is 0. The summed E-state index contributed by atoms with van der Waals surface area (Å²) in [6, 6.07) is 12.6. The minimum atomic E-state index is -0.357. The van der Waals surface area contributed by atoms with E-state index in [0.717, 1.165) is 56.5 Å². The highest BCUT2D eigenvalue weighted by Gasteiger charge is 2.40. The van der Waals surface area contributed by atoms with Crippen molar-refractivity contribution in [1.82, 2.24) is 9.97 Å². The van der Waals surface area contributed by atoms with Crippen molar-refractivity contribution >= 4 is 11.8 Å². The molecule has 4 rings (SSSR count). The first kappa shape index (κ1) is 18.2. The first-order chi connectivity index (χ1) is 13.2. The van der Waals surface area contributed by atoms with Crippen molar-refractivity contribution in [1.29, 1.82) is 0 Å². The van der Waals surface area contributed by atoms with E-state index in [1.807, 2.05) is 13.0 Å². The Bertz CT molecular complexity index is 752. The summed E-state index contributed by atoms with van der Waals surface area (Å²) in [7, 11) is 0. The van der Waals surface area contributed by atoms with Gasteiger partial charge in [0.05, 0.1) is 13.2 Å². The molecule has 0 amide bonds. The third kappa shape index (κ3) is 4.06. The Morgan fingerprint density at radius 2 is 1.78 bits per heavy atom. The van der Waals surface area contributed by atoms with Gasteiger partial charge in [-0.15, -0.1) is 0 Å². The molecule has 2 aliphatic rings. The summed E-state index contributed by atoms with van der Waals surface area (Å²) in [4.78, 5) is 14.2. The molecular weight excluding hydrogens is 340 g/mol. The number of anilines is 2. The van der Waals surface area contributed by atoms with Gasteiger partial charge in [0.1, 0.15) is 5.82 Å². The Kier molecular flexibility index (Phi) is 5.27. The Balaban J connectivity index is 1.50. The van der Waals surface area contributed by atoms with Crippen LogP contribution in [0.4, 0.5) is 11.8 Å². The summed E-state index contributed by atoms with van der Waals surface area (Å²) in [5.74, 6) is 1.44. The summed E-state index contributed by atoms with van der Waals surface area (Å²) < 4.78 is 11.7. The maximum atomic E-state index is 5.85. The molecule has 6 nitrogen and oxygen atoms in total. The van der Waals surface area contributed by atoms with E-state index in [1.165, 1.54) is 5.56 Å². The van der Waals surface area contributed by atoms with E-state index >= 15 is 0 Å². The van der Waals surface area contributed by atoms with Crippen LogP contribution >= 0.6 is 0 Å². The predicted octanol–water partition coefficient (Wildman–Crippen LogP) is 3.15. The van der Waals surface area contributed by atoms with Gasteiger partial charge in [-0.05, 0) is 19.4 Å². The standard InChI is InChI=1S/C21H28N4O2/c1-3-24(16-18-7-5-4-6-8-18)20-22-17(2)15-19(23-20)25-11-9-21(10-12-25)26-13-14-27-21/h4-8,15H,3,9-14,16H2,1-2H3. The number of rotatable bonds is 5. The molecule has 2 aliphatic heterocycles. The fraction of sp³-hybridized carbons (Fsp3) is 0.524. The van der Waals surface area contributed by atoms with Crippen molar-refractivity contribution in [3.05, 3.63) is 47.7 Å². The van der Waals surface area contributed by atoms with Gasteiger partial charge in [0.25, 0.3) is 0 Å². The van der Waals surface area contributed by atoms with E-state index in [1.54, 1.807) is 0 Å². The molecule has 0 unspecified atom stereocenters. The van der Waals surface area contributed by atoms with Crippen molar-refractivity contribution in [3.63, 3.8) is 0 Å². The van der Waals surface area contributed by atoms with Gasteiger partial charge in [0, 0.05) is 50.8 Å². The van der Waals surface area contributed by atoms with Crippen LogP contribution in [-0.4, -0.2) is 48.6 Å². The van der Waals surface area contributed by atoms with E-state index in [-0.39, 0.29) is 5.79 Å². The topological polar surface area (TPSA) is 50.7 Å². The summed E-state index contributed by atoms with van der Waals surface area (Å²) in [5.41, 5.74) is 2.26. The Hall–Kier alpha value is -2.18. The fourth-order valence-electron chi connectivity index (χ4n) is 3.83. The zero-order valence-electron chi connectivity index (χ0n) is 16.2. The van der Waals surface area contributed by atoms with Crippen LogP contribution in [0, 0.1) is 6.92 Å². The molecule has 3 heterocycles. The molecule has 1 aromatic carbocycles. The monoisotopic (exact) mass is 368 g/mol. The summed E-state index contributed by atoms with van der Waals surface area (Å²) in [5, 5.41) is 0. The number of hydrogen-bond acceptors (Lipinski definition) is 6. The average Bonchev–Trinajstić information content (AvgIpc) is 3.15. The zero-order valence-corrected chi connectivity index (χ0v) is 16.2. The summed E-state index contributed by atoms with van der Waals surface area (Å²) in [6.45, 7) is 9.06. The van der Waals surface area contributed by atoms with Gasteiger partial charge in [0.2, 0.25) is 5.95 Å². The molecule has 0 radical (unpaired) electrons. The van der Waals surface area contributed by atoms with Crippen LogP contribution in [0.2, 0.25) is 0 Å². The molecule has 1 aromatic heterocycles. The third-order valence-electron chi connectivity index (χ3n) is 5.37. The van der Waals surface area contributed by atoms with Crippen LogP contribution in [0.15, 0.2) is 36.4 Å². The van der Waals surface area contributed by atoms with Gasteiger partial charge in [-0.1, -0.05) is 30.3 Å². The molecule has 27 heavy (non-hydrogen) atoms. The van der Waals surface area contributed by atoms with Gasteiger partial charge in [-0.3, -0.25) is 0 Å². The number of hydrogen-bond donors (Lipinski definition) is 0. The van der Waals surface area contributed by atoms with E-state index in [4.69, 9.17) is 19.4 Å². The molecule has 0 bridgehead atoms. The van der Waals surface area contributed by atoms with Crippen LogP contribution in [0.25, 0.3) is 0 Å². The van der Waals surface area contributed by atoms with E-state index in [9.17, 15) is 0 Å². The van der Waals surface area contributed by atoms with Gasteiger partial charge in [-0.2, -0.15) is 4.98 Å². The predicted molar refractivity (Wildman–Crippen MR) is 106 cm³/mol. The Morgan fingerprint density at radius 1 is 1.07 bits per heavy atom. The smallest absolute Gasteiger partial charge is 0.227 e. The van der Waals surface area contributed by atoms with E-state index < -0.39 is 0 Å². The molecule has 1 spiro atoms. The highest BCUT2D eigenvalue weighted by Crippen LogP contribution is 2.33. The Morgan fingerprint density at radius 3 is 2.44 bits per heavy atom. The van der Waals surface area contributed by atoms with E-state index in [2.05, 4.69) is 47.1 Å². The summed E-state index contributed by atoms with van der Waals surface area (Å²) in [6.07, 6.45) is 1.76. The van der Waals surface area contributed by atoms with Gasteiger partial charge in [-0.25, -0.2) is 4.98 Å². The third-order valence-corrected chi connectivity index (χ3v) is 5.37. The van der Waals surface area contributed by atoms with Crippen LogP contribution in [0.3, 0.4) is 0 Å². The van der Waals surface area contributed by atoms with Crippen molar-refractivity contribution in [2.24, 2.45) is 0 Å². The molecule has 0 aliphatic carbocycles. The number of ether oxygens (including phenoxy) is 2. The fourth-order valence-corrected chi connectivity index (χ4v) is 3.83. The number of piperidine rings is 1. The second-order valence-corrected chi connectivity index (χ2v) is 7.26. The molecule has 2 fully saturated rings. The largest absolute Gasteiger partial charge is 0.356 e. The minimum absolute atomic E-state index is 0.357. The highest BCUT2D eigenvalue weighted by atomic mass is 16.7. The minimum Gasteiger partial charge on any atom is -0.356 e. The van der Waals surface area contributed by atoms with E-state index in [0.29, 0.717) is 13.2 Å².